The topological polar surface area (TPSA) is 75.4 Å². The Kier molecular flexibility index (Phi) is 8.49. The van der Waals surface area contributed by atoms with Gasteiger partial charge in [-0.15, -0.1) is 0 Å². The van der Waals surface area contributed by atoms with Gasteiger partial charge in [0.2, 0.25) is 11.8 Å². The van der Waals surface area contributed by atoms with Crippen molar-refractivity contribution in [2.45, 2.75) is 72.3 Å². The Hall–Kier alpha value is -1.88. The lowest BCUT2D eigenvalue weighted by atomic mass is 9.88. The van der Waals surface area contributed by atoms with E-state index in [0.29, 0.717) is 26.1 Å². The van der Waals surface area contributed by atoms with Gasteiger partial charge >= 0.3 is 0 Å². The van der Waals surface area contributed by atoms with E-state index in [-0.39, 0.29) is 23.1 Å². The molecule has 0 spiro atoms. The number of benzene rings is 1. The van der Waals surface area contributed by atoms with E-state index in [1.54, 1.807) is 0 Å². The van der Waals surface area contributed by atoms with Crippen LogP contribution >= 0.6 is 0 Å². The van der Waals surface area contributed by atoms with Crippen LogP contribution in [0.4, 0.5) is 5.69 Å². The summed E-state index contributed by atoms with van der Waals surface area (Å²) in [5.74, 6) is 0.430. The third-order valence-electron chi connectivity index (χ3n) is 5.17. The van der Waals surface area contributed by atoms with E-state index in [0.717, 1.165) is 43.4 Å². The number of carbonyl (C=O) groups is 2. The molecule has 1 aromatic carbocycles. The zero-order valence-electron chi connectivity index (χ0n) is 17.8. The fourth-order valence-electron chi connectivity index (χ4n) is 3.81. The van der Waals surface area contributed by atoms with E-state index < -0.39 is 0 Å². The Bertz CT molecular complexity index is 645. The van der Waals surface area contributed by atoms with E-state index in [2.05, 4.69) is 26.1 Å². The molecule has 0 aromatic heterocycles. The van der Waals surface area contributed by atoms with Crippen molar-refractivity contribution in [2.24, 2.45) is 17.1 Å². The van der Waals surface area contributed by atoms with Gasteiger partial charge in [-0.1, -0.05) is 52.2 Å². The predicted octanol–water partition coefficient (Wildman–Crippen LogP) is 4.32. The average molecular weight is 388 g/mol. The van der Waals surface area contributed by atoms with Crippen molar-refractivity contribution in [3.8, 4) is 0 Å². The molecule has 0 aliphatic heterocycles. The van der Waals surface area contributed by atoms with Crippen LogP contribution < -0.4 is 11.1 Å². The third kappa shape index (κ3) is 7.63. The molecule has 5 heteroatoms. The fourth-order valence-corrected chi connectivity index (χ4v) is 3.81. The quantitative estimate of drug-likeness (QED) is 0.697. The van der Waals surface area contributed by atoms with Crippen molar-refractivity contribution in [1.29, 1.82) is 0 Å². The van der Waals surface area contributed by atoms with Crippen LogP contribution in [0.3, 0.4) is 0 Å². The van der Waals surface area contributed by atoms with Gasteiger partial charge in [0.15, 0.2) is 0 Å². The molecule has 28 heavy (non-hydrogen) atoms. The van der Waals surface area contributed by atoms with Gasteiger partial charge in [-0.05, 0) is 48.9 Å². The highest BCUT2D eigenvalue weighted by Crippen LogP contribution is 2.26. The highest BCUT2D eigenvalue weighted by atomic mass is 16.2. The number of hydrogen-bond acceptors (Lipinski definition) is 3. The first kappa shape index (κ1) is 22.4. The molecule has 1 aliphatic carbocycles. The highest BCUT2D eigenvalue weighted by molar-refractivity contribution is 5.91. The number of anilines is 1. The van der Waals surface area contributed by atoms with Gasteiger partial charge in [0.25, 0.3) is 0 Å². The molecule has 0 bridgehead atoms. The summed E-state index contributed by atoms with van der Waals surface area (Å²) < 4.78 is 0. The number of carbonyl (C=O) groups excluding carboxylic acids is 2. The van der Waals surface area contributed by atoms with Gasteiger partial charge in [-0.3, -0.25) is 9.59 Å². The third-order valence-corrected chi connectivity index (χ3v) is 5.17. The molecule has 2 amide bonds. The molecule has 0 radical (unpaired) electrons. The fraction of sp³-hybridized carbons (Fsp3) is 0.652. The molecule has 0 heterocycles. The first-order chi connectivity index (χ1) is 13.3. The van der Waals surface area contributed by atoms with Crippen molar-refractivity contribution < 1.29 is 9.59 Å². The smallest absolute Gasteiger partial charge is 0.225 e. The molecular formula is C23H37N3O2. The second-order valence-corrected chi connectivity index (χ2v) is 9.22. The highest BCUT2D eigenvalue weighted by Gasteiger charge is 2.26. The van der Waals surface area contributed by atoms with Crippen molar-refractivity contribution in [3.63, 3.8) is 0 Å². The van der Waals surface area contributed by atoms with E-state index in [1.165, 1.54) is 6.42 Å². The molecule has 2 rings (SSSR count). The molecule has 0 unspecified atom stereocenters. The predicted molar refractivity (Wildman–Crippen MR) is 115 cm³/mol. The summed E-state index contributed by atoms with van der Waals surface area (Å²) >= 11 is 0. The van der Waals surface area contributed by atoms with E-state index in [9.17, 15) is 9.59 Å². The minimum atomic E-state index is -0.0485. The first-order valence-electron chi connectivity index (χ1n) is 10.7. The summed E-state index contributed by atoms with van der Waals surface area (Å²) in [6.45, 7) is 7.99. The van der Waals surface area contributed by atoms with Crippen molar-refractivity contribution in [3.05, 3.63) is 29.8 Å². The maximum absolute atomic E-state index is 13.0. The lowest BCUT2D eigenvalue weighted by Crippen LogP contribution is -2.38. The van der Waals surface area contributed by atoms with Crippen LogP contribution in [0.25, 0.3) is 0 Å². The molecule has 5 nitrogen and oxygen atoms in total. The summed E-state index contributed by atoms with van der Waals surface area (Å²) in [6, 6.07) is 7.83. The number of hydrogen-bond donors (Lipinski definition) is 2. The summed E-state index contributed by atoms with van der Waals surface area (Å²) in [6.07, 6.45) is 6.82. The Morgan fingerprint density at radius 2 is 1.89 bits per heavy atom. The Labute approximate surface area is 170 Å². The summed E-state index contributed by atoms with van der Waals surface area (Å²) in [7, 11) is 0. The van der Waals surface area contributed by atoms with E-state index in [4.69, 9.17) is 5.73 Å². The summed E-state index contributed by atoms with van der Waals surface area (Å²) in [5.41, 5.74) is 7.47. The van der Waals surface area contributed by atoms with Gasteiger partial charge in [-0.25, -0.2) is 0 Å². The van der Waals surface area contributed by atoms with Gasteiger partial charge in [-0.2, -0.15) is 0 Å². The van der Waals surface area contributed by atoms with Gasteiger partial charge in [0, 0.05) is 31.1 Å². The van der Waals surface area contributed by atoms with Crippen LogP contribution in [0, 0.1) is 11.3 Å². The van der Waals surface area contributed by atoms with E-state index in [1.807, 2.05) is 29.2 Å². The molecule has 3 N–H and O–H groups in total. The lowest BCUT2D eigenvalue weighted by Gasteiger charge is -2.29. The molecule has 1 saturated carbocycles. The molecule has 1 aliphatic rings. The van der Waals surface area contributed by atoms with Crippen molar-refractivity contribution in [2.75, 3.05) is 18.4 Å². The minimum absolute atomic E-state index is 0.0166. The number of amides is 2. The molecule has 0 saturated heterocycles. The van der Waals surface area contributed by atoms with Crippen LogP contribution in [-0.4, -0.2) is 29.8 Å². The van der Waals surface area contributed by atoms with Crippen LogP contribution in [0.5, 0.6) is 0 Å². The molecule has 1 fully saturated rings. The van der Waals surface area contributed by atoms with Gasteiger partial charge < -0.3 is 16.0 Å². The average Bonchev–Trinajstić information content (AvgIpc) is 2.64. The number of rotatable bonds is 8. The van der Waals surface area contributed by atoms with Crippen LogP contribution in [0.15, 0.2) is 24.3 Å². The van der Waals surface area contributed by atoms with Crippen LogP contribution in [-0.2, 0) is 16.1 Å². The Morgan fingerprint density at radius 1 is 1.18 bits per heavy atom. The monoisotopic (exact) mass is 387 g/mol. The van der Waals surface area contributed by atoms with Crippen molar-refractivity contribution in [1.82, 2.24) is 4.90 Å². The molecule has 1 aromatic rings. The Balaban J connectivity index is 2.04. The largest absolute Gasteiger partial charge is 0.338 e. The molecular weight excluding hydrogens is 350 g/mol. The maximum atomic E-state index is 13.0. The first-order valence-corrected chi connectivity index (χ1v) is 10.7. The zero-order chi connectivity index (χ0) is 20.6. The van der Waals surface area contributed by atoms with Crippen molar-refractivity contribution >= 4 is 17.5 Å². The SMILES string of the molecule is CC(C)(C)CC(=O)Nc1cccc(CN(CCCN)C(=O)C2CCCCC2)c1. The standard InChI is InChI=1S/C23H37N3O2/c1-23(2,3)16-21(27)25-20-12-7-9-18(15-20)17-26(14-8-13-24)22(28)19-10-5-4-6-11-19/h7,9,12,15,19H,4-6,8,10-11,13-14,16-17,24H2,1-3H3,(H,25,27). The maximum Gasteiger partial charge on any atom is 0.225 e. The number of nitrogens with zero attached hydrogens (tertiary/aromatic N) is 1. The second-order valence-electron chi connectivity index (χ2n) is 9.22. The normalized spacial score (nSPS) is 15.3. The molecule has 156 valence electrons. The number of nitrogens with one attached hydrogen (secondary N) is 1. The second kappa shape index (κ2) is 10.6. The summed E-state index contributed by atoms with van der Waals surface area (Å²) in [5, 5.41) is 2.99. The summed E-state index contributed by atoms with van der Waals surface area (Å²) in [4.78, 5) is 27.2. The number of nitrogens with two attached hydrogens (primary N) is 1. The zero-order valence-corrected chi connectivity index (χ0v) is 17.8. The van der Waals surface area contributed by atoms with Crippen LogP contribution in [0.1, 0.15) is 71.3 Å². The van der Waals surface area contributed by atoms with Gasteiger partial charge in [0.1, 0.15) is 0 Å². The van der Waals surface area contributed by atoms with Crippen LogP contribution in [0.2, 0.25) is 0 Å². The Morgan fingerprint density at radius 3 is 2.54 bits per heavy atom. The lowest BCUT2D eigenvalue weighted by molar-refractivity contribution is -0.137. The molecule has 0 atom stereocenters. The van der Waals surface area contributed by atoms with Gasteiger partial charge in [0.05, 0.1) is 0 Å². The van der Waals surface area contributed by atoms with E-state index >= 15 is 0 Å². The minimum Gasteiger partial charge on any atom is -0.338 e.